The van der Waals surface area contributed by atoms with Gasteiger partial charge in [0.2, 0.25) is 0 Å². The van der Waals surface area contributed by atoms with Crippen molar-refractivity contribution in [3.8, 4) is 5.75 Å². The Labute approximate surface area is 167 Å². The number of aromatic nitrogens is 1. The molecule has 1 atom stereocenters. The predicted molar refractivity (Wildman–Crippen MR) is 107 cm³/mol. The second-order valence-corrected chi connectivity index (χ2v) is 6.91. The van der Waals surface area contributed by atoms with Crippen molar-refractivity contribution in [2.24, 2.45) is 0 Å². The molecule has 0 bridgehead atoms. The third kappa shape index (κ3) is 3.69. The number of nitrogens with zero attached hydrogens (tertiary/aromatic N) is 1. The molecule has 7 nitrogen and oxygen atoms in total. The molecule has 0 fully saturated rings. The molecule has 0 saturated carbocycles. The molecule has 2 N–H and O–H groups in total. The van der Waals surface area contributed by atoms with Crippen molar-refractivity contribution in [1.82, 2.24) is 9.88 Å². The number of H-pyrrole nitrogens is 1. The summed E-state index contributed by atoms with van der Waals surface area (Å²) in [6.07, 6.45) is -0.194. The molecule has 0 aliphatic carbocycles. The minimum Gasteiger partial charge on any atom is -0.434 e. The van der Waals surface area contributed by atoms with E-state index >= 15 is 0 Å². The van der Waals surface area contributed by atoms with Gasteiger partial charge in [0.05, 0.1) is 25.8 Å². The molecule has 0 spiro atoms. The first kappa shape index (κ1) is 19.0. The Morgan fingerprint density at radius 2 is 1.93 bits per heavy atom. The van der Waals surface area contributed by atoms with E-state index in [1.165, 1.54) is 0 Å². The van der Waals surface area contributed by atoms with Crippen LogP contribution in [0, 0.1) is 0 Å². The number of hydrogen-bond acceptors (Lipinski definition) is 5. The zero-order valence-electron chi connectivity index (χ0n) is 16.1. The third-order valence-corrected chi connectivity index (χ3v) is 5.15. The Kier molecular flexibility index (Phi) is 5.22. The van der Waals surface area contributed by atoms with Crippen LogP contribution in [0.25, 0.3) is 10.9 Å². The summed E-state index contributed by atoms with van der Waals surface area (Å²) in [6, 6.07) is 14.0. The molecule has 3 aromatic rings. The van der Waals surface area contributed by atoms with Gasteiger partial charge in [0, 0.05) is 22.2 Å². The zero-order chi connectivity index (χ0) is 20.4. The van der Waals surface area contributed by atoms with Crippen molar-refractivity contribution < 1.29 is 24.2 Å². The quantitative estimate of drug-likeness (QED) is 0.523. The second-order valence-electron chi connectivity index (χ2n) is 6.91. The molecule has 4 rings (SSSR count). The van der Waals surface area contributed by atoms with Gasteiger partial charge in [-0.3, -0.25) is 4.79 Å². The monoisotopic (exact) mass is 394 g/mol. The first-order valence-electron chi connectivity index (χ1n) is 9.55. The molecule has 0 radical (unpaired) electrons. The van der Waals surface area contributed by atoms with Crippen molar-refractivity contribution >= 4 is 23.0 Å². The SMILES string of the molecule is CCOC(=O)Oc1ccc(C(=O)N2Cc3[nH]c4ccccc4c3CC2CO)cc1. The van der Waals surface area contributed by atoms with E-state index in [1.54, 1.807) is 36.1 Å². The van der Waals surface area contributed by atoms with Crippen LogP contribution >= 0.6 is 0 Å². The Bertz CT molecular complexity index is 1040. The van der Waals surface area contributed by atoms with Gasteiger partial charge in [-0.2, -0.15) is 0 Å². The van der Waals surface area contributed by atoms with Gasteiger partial charge in [-0.1, -0.05) is 18.2 Å². The van der Waals surface area contributed by atoms with Crippen molar-refractivity contribution in [3.63, 3.8) is 0 Å². The first-order valence-corrected chi connectivity index (χ1v) is 9.55. The normalized spacial score (nSPS) is 15.8. The summed E-state index contributed by atoms with van der Waals surface area (Å²) in [6.45, 7) is 2.20. The maximum absolute atomic E-state index is 13.1. The highest BCUT2D eigenvalue weighted by Crippen LogP contribution is 2.31. The van der Waals surface area contributed by atoms with Crippen LogP contribution in [-0.4, -0.2) is 46.3 Å². The molecular formula is C22H22N2O5. The summed E-state index contributed by atoms with van der Waals surface area (Å²) in [5, 5.41) is 11.0. The minimum absolute atomic E-state index is 0.116. The van der Waals surface area contributed by atoms with Gasteiger partial charge in [-0.05, 0) is 49.2 Å². The number of amides is 1. The van der Waals surface area contributed by atoms with Crippen LogP contribution in [0.15, 0.2) is 48.5 Å². The molecule has 2 heterocycles. The van der Waals surface area contributed by atoms with Gasteiger partial charge in [0.15, 0.2) is 0 Å². The number of para-hydroxylation sites is 1. The summed E-state index contributed by atoms with van der Waals surface area (Å²) < 4.78 is 9.76. The molecule has 1 aliphatic heterocycles. The van der Waals surface area contributed by atoms with Crippen LogP contribution in [0.2, 0.25) is 0 Å². The number of fused-ring (bicyclic) bond motifs is 3. The molecule has 0 saturated heterocycles. The van der Waals surface area contributed by atoms with Gasteiger partial charge in [0.1, 0.15) is 5.75 Å². The van der Waals surface area contributed by atoms with Crippen LogP contribution in [-0.2, 0) is 17.7 Å². The fourth-order valence-corrected chi connectivity index (χ4v) is 3.74. The molecule has 1 aliphatic rings. The van der Waals surface area contributed by atoms with Gasteiger partial charge < -0.3 is 24.5 Å². The van der Waals surface area contributed by atoms with Crippen molar-refractivity contribution in [1.29, 1.82) is 0 Å². The minimum atomic E-state index is -0.783. The number of carbonyl (C=O) groups is 2. The maximum atomic E-state index is 13.1. The lowest BCUT2D eigenvalue weighted by atomic mass is 9.96. The van der Waals surface area contributed by atoms with E-state index in [0.29, 0.717) is 24.3 Å². The van der Waals surface area contributed by atoms with Crippen molar-refractivity contribution in [2.75, 3.05) is 13.2 Å². The largest absolute Gasteiger partial charge is 0.513 e. The lowest BCUT2D eigenvalue weighted by Crippen LogP contribution is -2.46. The Morgan fingerprint density at radius 3 is 2.66 bits per heavy atom. The molecule has 7 heteroatoms. The summed E-state index contributed by atoms with van der Waals surface area (Å²) >= 11 is 0. The number of aliphatic hydroxyl groups excluding tert-OH is 1. The van der Waals surface area contributed by atoms with E-state index < -0.39 is 6.16 Å². The van der Waals surface area contributed by atoms with Gasteiger partial charge >= 0.3 is 6.16 Å². The highest BCUT2D eigenvalue weighted by atomic mass is 16.7. The average molecular weight is 394 g/mol. The number of aromatic amines is 1. The number of rotatable bonds is 4. The van der Waals surface area contributed by atoms with Crippen molar-refractivity contribution in [2.45, 2.75) is 25.9 Å². The van der Waals surface area contributed by atoms with Crippen LogP contribution in [0.5, 0.6) is 5.75 Å². The fraction of sp³-hybridized carbons (Fsp3) is 0.273. The van der Waals surface area contributed by atoms with Crippen LogP contribution in [0.1, 0.15) is 28.5 Å². The summed E-state index contributed by atoms with van der Waals surface area (Å²) in [5.41, 5.74) is 3.64. The zero-order valence-corrected chi connectivity index (χ0v) is 16.1. The Morgan fingerprint density at radius 1 is 1.17 bits per heavy atom. The number of benzene rings is 2. The fourth-order valence-electron chi connectivity index (χ4n) is 3.74. The van der Waals surface area contributed by atoms with Gasteiger partial charge in [0.25, 0.3) is 5.91 Å². The number of aliphatic hydroxyl groups is 1. The molecule has 150 valence electrons. The van der Waals surface area contributed by atoms with E-state index in [2.05, 4.69) is 11.1 Å². The molecule has 2 aromatic carbocycles. The van der Waals surface area contributed by atoms with Crippen LogP contribution in [0.3, 0.4) is 0 Å². The van der Waals surface area contributed by atoms with Crippen molar-refractivity contribution in [3.05, 3.63) is 65.4 Å². The topological polar surface area (TPSA) is 91.9 Å². The van der Waals surface area contributed by atoms with E-state index in [-0.39, 0.29) is 25.2 Å². The number of hydrogen-bond donors (Lipinski definition) is 2. The first-order chi connectivity index (χ1) is 14.1. The van der Waals surface area contributed by atoms with Crippen LogP contribution in [0.4, 0.5) is 4.79 Å². The smallest absolute Gasteiger partial charge is 0.434 e. The molecule has 1 aromatic heterocycles. The van der Waals surface area contributed by atoms with Crippen LogP contribution < -0.4 is 4.74 Å². The molecule has 29 heavy (non-hydrogen) atoms. The predicted octanol–water partition coefficient (Wildman–Crippen LogP) is 3.26. The molecule has 1 amide bonds. The van der Waals surface area contributed by atoms with E-state index in [1.807, 2.05) is 18.2 Å². The summed E-state index contributed by atoms with van der Waals surface area (Å²) in [5.74, 6) is 0.117. The standard InChI is InChI=1S/C22H22N2O5/c1-2-28-22(27)29-16-9-7-14(8-10-16)21(26)24-12-20-18(11-15(24)13-25)17-5-3-4-6-19(17)23-20/h3-10,15,23,25H,2,11-13H2,1H3. The number of carbonyl (C=O) groups excluding carboxylic acids is 2. The highest BCUT2D eigenvalue weighted by Gasteiger charge is 2.32. The second kappa shape index (κ2) is 7.97. The average Bonchev–Trinajstić information content (AvgIpc) is 3.10. The van der Waals surface area contributed by atoms with Gasteiger partial charge in [-0.15, -0.1) is 0 Å². The number of nitrogens with one attached hydrogen (secondary N) is 1. The van der Waals surface area contributed by atoms with Gasteiger partial charge in [-0.25, -0.2) is 4.79 Å². The maximum Gasteiger partial charge on any atom is 0.513 e. The lowest BCUT2D eigenvalue weighted by Gasteiger charge is -2.34. The Hall–Kier alpha value is -3.32. The van der Waals surface area contributed by atoms with E-state index in [0.717, 1.165) is 22.2 Å². The van der Waals surface area contributed by atoms with E-state index in [4.69, 9.17) is 9.47 Å². The third-order valence-electron chi connectivity index (χ3n) is 5.15. The molecular weight excluding hydrogens is 372 g/mol. The summed E-state index contributed by atoms with van der Waals surface area (Å²) in [7, 11) is 0. The number of ether oxygens (including phenoxy) is 2. The lowest BCUT2D eigenvalue weighted by molar-refractivity contribution is 0.0541. The Balaban J connectivity index is 1.55. The molecule has 1 unspecified atom stereocenters. The van der Waals surface area contributed by atoms with E-state index in [9.17, 15) is 14.7 Å². The summed E-state index contributed by atoms with van der Waals surface area (Å²) in [4.78, 5) is 29.6. The highest BCUT2D eigenvalue weighted by molar-refractivity contribution is 5.95.